The van der Waals surface area contributed by atoms with Crippen LogP contribution in [0.5, 0.6) is 0 Å². The van der Waals surface area contributed by atoms with Crippen LogP contribution in [-0.4, -0.2) is 68.6 Å². The fourth-order valence-corrected chi connectivity index (χ4v) is 3.85. The third-order valence-corrected chi connectivity index (χ3v) is 5.56. The summed E-state index contributed by atoms with van der Waals surface area (Å²) in [7, 11) is 4.30. The molecule has 1 saturated heterocycles. The molecule has 1 heterocycles. The molecule has 0 aliphatic carbocycles. The second kappa shape index (κ2) is 14.4. The maximum absolute atomic E-state index is 4.81. The quantitative estimate of drug-likeness (QED) is 0.318. The molecule has 164 valence electrons. The molecule has 1 aromatic rings. The smallest absolute Gasteiger partial charge is 0.191 e. The fraction of sp³-hybridized carbons (Fsp3) is 0.708. The summed E-state index contributed by atoms with van der Waals surface area (Å²) in [6, 6.07) is 11.3. The predicted molar refractivity (Wildman–Crippen MR) is 125 cm³/mol. The van der Waals surface area contributed by atoms with E-state index >= 15 is 0 Å². The highest BCUT2D eigenvalue weighted by atomic mass is 15.2. The molecule has 5 heteroatoms. The highest BCUT2D eigenvalue weighted by Gasteiger charge is 2.19. The van der Waals surface area contributed by atoms with E-state index in [4.69, 9.17) is 4.99 Å². The van der Waals surface area contributed by atoms with Crippen LogP contribution in [0.15, 0.2) is 35.3 Å². The average molecular weight is 402 g/mol. The van der Waals surface area contributed by atoms with Gasteiger partial charge in [-0.3, -0.25) is 9.89 Å². The molecule has 1 aromatic carbocycles. The summed E-state index contributed by atoms with van der Waals surface area (Å²) >= 11 is 0. The minimum absolute atomic E-state index is 0.533. The van der Waals surface area contributed by atoms with Crippen molar-refractivity contribution in [1.29, 1.82) is 0 Å². The molecular formula is C24H43N5. The summed E-state index contributed by atoms with van der Waals surface area (Å²) < 4.78 is 0. The van der Waals surface area contributed by atoms with Crippen LogP contribution in [0.25, 0.3) is 0 Å². The summed E-state index contributed by atoms with van der Waals surface area (Å²) in [5.41, 5.74) is 1.41. The first-order valence-corrected chi connectivity index (χ1v) is 11.6. The van der Waals surface area contributed by atoms with Crippen LogP contribution in [-0.2, 0) is 6.54 Å². The Kier molecular flexibility index (Phi) is 11.8. The van der Waals surface area contributed by atoms with E-state index in [2.05, 4.69) is 71.8 Å². The van der Waals surface area contributed by atoms with Crippen LogP contribution in [0, 0.1) is 0 Å². The van der Waals surface area contributed by atoms with Gasteiger partial charge < -0.3 is 15.5 Å². The predicted octanol–water partition coefficient (Wildman–Crippen LogP) is 3.72. The van der Waals surface area contributed by atoms with E-state index in [9.17, 15) is 0 Å². The van der Waals surface area contributed by atoms with Crippen LogP contribution in [0.2, 0.25) is 0 Å². The van der Waals surface area contributed by atoms with Gasteiger partial charge in [0.15, 0.2) is 5.96 Å². The van der Waals surface area contributed by atoms with E-state index in [1.807, 2.05) is 0 Å². The van der Waals surface area contributed by atoms with Gasteiger partial charge in [0.05, 0.1) is 0 Å². The van der Waals surface area contributed by atoms with Gasteiger partial charge in [-0.2, -0.15) is 0 Å². The molecule has 0 spiro atoms. The molecule has 1 aliphatic heterocycles. The lowest BCUT2D eigenvalue weighted by molar-refractivity contribution is 0.198. The standard InChI is InChI=1S/C24H43N5/c1-4-25-24(26-17-11-6-5-7-12-18-28(2)3)27-23-15-19-29(20-16-23)21-22-13-9-8-10-14-22/h8-10,13-14,23H,4-7,11-12,15-21H2,1-3H3,(H2,25,26,27). The molecule has 29 heavy (non-hydrogen) atoms. The largest absolute Gasteiger partial charge is 0.357 e. The van der Waals surface area contributed by atoms with Crippen LogP contribution in [0.4, 0.5) is 0 Å². The van der Waals surface area contributed by atoms with Gasteiger partial charge in [-0.1, -0.05) is 49.6 Å². The number of nitrogens with zero attached hydrogens (tertiary/aromatic N) is 3. The van der Waals surface area contributed by atoms with E-state index in [0.717, 1.165) is 38.7 Å². The topological polar surface area (TPSA) is 42.9 Å². The molecule has 0 aromatic heterocycles. The maximum atomic E-state index is 4.81. The molecule has 0 unspecified atom stereocenters. The Morgan fingerprint density at radius 3 is 2.41 bits per heavy atom. The molecule has 1 fully saturated rings. The Balaban J connectivity index is 1.62. The van der Waals surface area contributed by atoms with E-state index in [1.165, 1.54) is 57.1 Å². The van der Waals surface area contributed by atoms with Gasteiger partial charge in [0.2, 0.25) is 0 Å². The van der Waals surface area contributed by atoms with Gasteiger partial charge in [-0.25, -0.2) is 0 Å². The number of likely N-dealkylation sites (tertiary alicyclic amines) is 1. The highest BCUT2D eigenvalue weighted by Crippen LogP contribution is 2.14. The molecule has 5 nitrogen and oxygen atoms in total. The van der Waals surface area contributed by atoms with Crippen molar-refractivity contribution in [3.63, 3.8) is 0 Å². The Bertz CT molecular complexity index is 550. The first kappa shape index (κ1) is 23.7. The molecule has 2 rings (SSSR count). The van der Waals surface area contributed by atoms with Crippen molar-refractivity contribution >= 4 is 5.96 Å². The minimum Gasteiger partial charge on any atom is -0.357 e. The summed E-state index contributed by atoms with van der Waals surface area (Å²) in [6.45, 7) is 8.56. The lowest BCUT2D eigenvalue weighted by Crippen LogP contribution is -2.48. The molecule has 0 radical (unpaired) electrons. The third kappa shape index (κ3) is 10.7. The lowest BCUT2D eigenvalue weighted by atomic mass is 10.0. The van der Waals surface area contributed by atoms with Crippen molar-refractivity contribution in [1.82, 2.24) is 20.4 Å². The number of hydrogen-bond acceptors (Lipinski definition) is 3. The number of nitrogens with one attached hydrogen (secondary N) is 2. The number of aliphatic imine (C=N–C) groups is 1. The first-order valence-electron chi connectivity index (χ1n) is 11.6. The Morgan fingerprint density at radius 2 is 1.72 bits per heavy atom. The van der Waals surface area contributed by atoms with Gasteiger partial charge >= 0.3 is 0 Å². The second-order valence-electron chi connectivity index (χ2n) is 8.51. The number of hydrogen-bond donors (Lipinski definition) is 2. The zero-order chi connectivity index (χ0) is 20.7. The van der Waals surface area contributed by atoms with Crippen molar-refractivity contribution in [2.45, 2.75) is 64.5 Å². The normalized spacial score (nSPS) is 16.3. The van der Waals surface area contributed by atoms with Crippen molar-refractivity contribution in [2.24, 2.45) is 4.99 Å². The van der Waals surface area contributed by atoms with Crippen molar-refractivity contribution in [2.75, 3.05) is 46.8 Å². The zero-order valence-corrected chi connectivity index (χ0v) is 19.0. The third-order valence-electron chi connectivity index (χ3n) is 5.56. The number of rotatable bonds is 12. The fourth-order valence-electron chi connectivity index (χ4n) is 3.85. The highest BCUT2D eigenvalue weighted by molar-refractivity contribution is 5.80. The maximum Gasteiger partial charge on any atom is 0.191 e. The van der Waals surface area contributed by atoms with Crippen molar-refractivity contribution in [3.8, 4) is 0 Å². The molecule has 0 amide bonds. The van der Waals surface area contributed by atoms with Gasteiger partial charge in [-0.05, 0) is 58.8 Å². The molecule has 0 saturated carbocycles. The Morgan fingerprint density at radius 1 is 1.03 bits per heavy atom. The van der Waals surface area contributed by atoms with Crippen molar-refractivity contribution in [3.05, 3.63) is 35.9 Å². The molecule has 0 bridgehead atoms. The van der Waals surface area contributed by atoms with Gasteiger partial charge in [0.25, 0.3) is 0 Å². The van der Waals surface area contributed by atoms with Gasteiger partial charge in [0, 0.05) is 38.8 Å². The minimum atomic E-state index is 0.533. The first-order chi connectivity index (χ1) is 14.2. The van der Waals surface area contributed by atoms with Crippen LogP contribution >= 0.6 is 0 Å². The monoisotopic (exact) mass is 401 g/mol. The summed E-state index contributed by atoms with van der Waals surface area (Å²) in [5.74, 6) is 1.00. The molecule has 1 aliphatic rings. The lowest BCUT2D eigenvalue weighted by Gasteiger charge is -2.33. The van der Waals surface area contributed by atoms with E-state index in [0.29, 0.717) is 6.04 Å². The number of benzene rings is 1. The summed E-state index contributed by atoms with van der Waals surface area (Å²) in [5, 5.41) is 7.10. The van der Waals surface area contributed by atoms with Crippen molar-refractivity contribution < 1.29 is 0 Å². The van der Waals surface area contributed by atoms with E-state index < -0.39 is 0 Å². The average Bonchev–Trinajstić information content (AvgIpc) is 2.72. The van der Waals surface area contributed by atoms with Crippen LogP contribution < -0.4 is 10.6 Å². The SMILES string of the molecule is CCNC(=NCCCCCCCN(C)C)NC1CCN(Cc2ccccc2)CC1. The van der Waals surface area contributed by atoms with E-state index in [-0.39, 0.29) is 0 Å². The molecule has 2 N–H and O–H groups in total. The Labute approximate surface area is 179 Å². The van der Waals surface area contributed by atoms with Crippen LogP contribution in [0.1, 0.15) is 57.4 Å². The number of guanidine groups is 1. The summed E-state index contributed by atoms with van der Waals surface area (Å²) in [4.78, 5) is 9.64. The number of unbranched alkanes of at least 4 members (excludes halogenated alkanes) is 4. The molecule has 0 atom stereocenters. The van der Waals surface area contributed by atoms with Crippen LogP contribution in [0.3, 0.4) is 0 Å². The molecular weight excluding hydrogens is 358 g/mol. The Hall–Kier alpha value is -1.59. The van der Waals surface area contributed by atoms with E-state index in [1.54, 1.807) is 0 Å². The second-order valence-corrected chi connectivity index (χ2v) is 8.51. The van der Waals surface area contributed by atoms with Gasteiger partial charge in [0.1, 0.15) is 0 Å². The summed E-state index contributed by atoms with van der Waals surface area (Å²) in [6.07, 6.45) is 8.81. The van der Waals surface area contributed by atoms with Gasteiger partial charge in [-0.15, -0.1) is 0 Å². The number of piperidine rings is 1. The zero-order valence-electron chi connectivity index (χ0n) is 19.0.